The molecule has 30 heavy (non-hydrogen) atoms. The van der Waals surface area contributed by atoms with Gasteiger partial charge < -0.3 is 19.9 Å². The lowest BCUT2D eigenvalue weighted by Crippen LogP contribution is -2.47. The van der Waals surface area contributed by atoms with Gasteiger partial charge in [0.15, 0.2) is 11.1 Å². The number of aliphatic imine (C=N–C) groups is 1. The molecule has 0 saturated carbocycles. The molecule has 2 aliphatic heterocycles. The van der Waals surface area contributed by atoms with Crippen LogP contribution in [0.3, 0.4) is 0 Å². The summed E-state index contributed by atoms with van der Waals surface area (Å²) in [6.07, 6.45) is 5.80. The van der Waals surface area contributed by atoms with E-state index in [1.54, 1.807) is 11.3 Å². The van der Waals surface area contributed by atoms with Crippen molar-refractivity contribution < 1.29 is 4.74 Å². The smallest absolute Gasteiger partial charge is 0.193 e. The van der Waals surface area contributed by atoms with Gasteiger partial charge in [-0.2, -0.15) is 0 Å². The molecular weight excluding hydrogens is 394 g/mol. The molecule has 0 bridgehead atoms. The van der Waals surface area contributed by atoms with Gasteiger partial charge >= 0.3 is 0 Å². The lowest BCUT2D eigenvalue weighted by atomic mass is 10.1. The van der Waals surface area contributed by atoms with Gasteiger partial charge in [0.25, 0.3) is 0 Å². The summed E-state index contributed by atoms with van der Waals surface area (Å²) in [5.41, 5.74) is 1.16. The Labute approximate surface area is 184 Å². The van der Waals surface area contributed by atoms with Crippen molar-refractivity contribution in [3.8, 4) is 5.75 Å². The summed E-state index contributed by atoms with van der Waals surface area (Å²) >= 11 is 1.77. The molecule has 3 heterocycles. The van der Waals surface area contributed by atoms with Crippen LogP contribution in [0, 0.1) is 0 Å². The first-order valence-corrected chi connectivity index (χ1v) is 12.1. The minimum atomic E-state index is 0.283. The molecule has 7 heteroatoms. The maximum atomic E-state index is 6.13. The zero-order valence-electron chi connectivity index (χ0n) is 17.9. The Morgan fingerprint density at radius 3 is 2.67 bits per heavy atom. The monoisotopic (exact) mass is 427 g/mol. The van der Waals surface area contributed by atoms with Gasteiger partial charge in [-0.05, 0) is 31.9 Å². The van der Waals surface area contributed by atoms with E-state index < -0.39 is 0 Å². The average Bonchev–Trinajstić information content (AvgIpc) is 3.47. The Kier molecular flexibility index (Phi) is 7.45. The third-order valence-electron chi connectivity index (χ3n) is 5.67. The predicted octanol–water partition coefficient (Wildman–Crippen LogP) is 3.79. The number of nitrogens with one attached hydrogen (secondary N) is 1. The Bertz CT molecular complexity index is 795. The van der Waals surface area contributed by atoms with Crippen molar-refractivity contribution >= 4 is 22.4 Å². The number of hydrogen-bond acceptors (Lipinski definition) is 5. The van der Waals surface area contributed by atoms with Gasteiger partial charge in [-0.25, -0.2) is 4.98 Å². The molecule has 0 radical (unpaired) electrons. The summed E-state index contributed by atoms with van der Waals surface area (Å²) in [4.78, 5) is 14.5. The molecule has 2 aromatic rings. The van der Waals surface area contributed by atoms with E-state index in [0.29, 0.717) is 0 Å². The molecule has 1 aromatic carbocycles. The quantitative estimate of drug-likeness (QED) is 0.538. The first-order chi connectivity index (χ1) is 14.8. The highest BCUT2D eigenvalue weighted by atomic mass is 32.1. The lowest BCUT2D eigenvalue weighted by molar-refractivity contribution is 0.129. The molecule has 2 saturated heterocycles. The van der Waals surface area contributed by atoms with E-state index in [9.17, 15) is 0 Å². The van der Waals surface area contributed by atoms with E-state index in [1.807, 2.05) is 30.3 Å². The van der Waals surface area contributed by atoms with Crippen molar-refractivity contribution in [2.45, 2.75) is 45.1 Å². The molecule has 0 unspecified atom stereocenters. The number of thiazole rings is 1. The van der Waals surface area contributed by atoms with Crippen LogP contribution >= 0.6 is 11.3 Å². The predicted molar refractivity (Wildman–Crippen MR) is 125 cm³/mol. The molecule has 2 fully saturated rings. The van der Waals surface area contributed by atoms with E-state index in [-0.39, 0.29) is 6.10 Å². The van der Waals surface area contributed by atoms with Crippen LogP contribution in [0.25, 0.3) is 0 Å². The van der Waals surface area contributed by atoms with Crippen molar-refractivity contribution in [1.82, 2.24) is 15.2 Å². The fraction of sp³-hybridized carbons (Fsp3) is 0.565. The van der Waals surface area contributed by atoms with Gasteiger partial charge in [0, 0.05) is 63.9 Å². The number of para-hydroxylation sites is 1. The van der Waals surface area contributed by atoms with Gasteiger partial charge in [0.1, 0.15) is 11.9 Å². The van der Waals surface area contributed by atoms with Crippen LogP contribution in [0.15, 0.2) is 40.7 Å². The van der Waals surface area contributed by atoms with Crippen molar-refractivity contribution in [3.05, 3.63) is 41.4 Å². The third-order valence-corrected chi connectivity index (χ3v) is 6.62. The molecule has 162 valence electrons. The van der Waals surface area contributed by atoms with Gasteiger partial charge in [-0.1, -0.05) is 18.2 Å². The molecular formula is C23H33N5OS. The summed E-state index contributed by atoms with van der Waals surface area (Å²) in [6, 6.07) is 10.1. The summed E-state index contributed by atoms with van der Waals surface area (Å²) in [5.74, 6) is 1.98. The first-order valence-electron chi connectivity index (χ1n) is 11.3. The maximum absolute atomic E-state index is 6.13. The Morgan fingerprint density at radius 2 is 1.93 bits per heavy atom. The van der Waals surface area contributed by atoms with Crippen LogP contribution in [0.1, 0.15) is 38.3 Å². The normalized spacial score (nSPS) is 18.1. The number of hydrogen-bond donors (Lipinski definition) is 1. The SMILES string of the molecule is CCNC(=NCCc1csc(N2CCCC2)n1)N1CCC(Oc2ccccc2)CC1. The van der Waals surface area contributed by atoms with E-state index in [2.05, 4.69) is 27.4 Å². The number of rotatable bonds is 7. The average molecular weight is 428 g/mol. The molecule has 0 amide bonds. The van der Waals surface area contributed by atoms with Gasteiger partial charge in [0.05, 0.1) is 5.69 Å². The number of ether oxygens (including phenoxy) is 1. The highest BCUT2D eigenvalue weighted by Gasteiger charge is 2.22. The van der Waals surface area contributed by atoms with Crippen LogP contribution in [0.2, 0.25) is 0 Å². The fourth-order valence-corrected chi connectivity index (χ4v) is 4.96. The standard InChI is InChI=1S/C23H33N5OS/c1-2-24-22(25-13-10-19-18-30-23(26-19)28-14-6-7-15-28)27-16-11-21(12-17-27)29-20-8-4-3-5-9-20/h3-5,8-9,18,21H,2,6-7,10-17H2,1H3,(H,24,25). The Morgan fingerprint density at radius 1 is 1.17 bits per heavy atom. The molecule has 1 N–H and O–H groups in total. The van der Waals surface area contributed by atoms with Crippen molar-refractivity contribution in [2.24, 2.45) is 4.99 Å². The van der Waals surface area contributed by atoms with Gasteiger partial charge in [0.2, 0.25) is 0 Å². The number of likely N-dealkylation sites (tertiary alicyclic amines) is 1. The summed E-state index contributed by atoms with van der Waals surface area (Å²) < 4.78 is 6.13. The maximum Gasteiger partial charge on any atom is 0.193 e. The van der Waals surface area contributed by atoms with Crippen molar-refractivity contribution in [3.63, 3.8) is 0 Å². The topological polar surface area (TPSA) is 53.0 Å². The van der Waals surface area contributed by atoms with E-state index in [4.69, 9.17) is 14.7 Å². The van der Waals surface area contributed by atoms with Gasteiger partial charge in [-0.3, -0.25) is 4.99 Å². The number of nitrogens with zero attached hydrogens (tertiary/aromatic N) is 4. The van der Waals surface area contributed by atoms with Crippen LogP contribution in [0.5, 0.6) is 5.75 Å². The second-order valence-corrected chi connectivity index (χ2v) is 8.76. The van der Waals surface area contributed by atoms with E-state index >= 15 is 0 Å². The summed E-state index contributed by atoms with van der Waals surface area (Å²) in [6.45, 7) is 8.03. The zero-order valence-corrected chi connectivity index (χ0v) is 18.7. The first kappa shape index (κ1) is 21.0. The molecule has 0 atom stereocenters. The number of aromatic nitrogens is 1. The molecule has 0 spiro atoms. The molecule has 0 aliphatic carbocycles. The number of benzene rings is 1. The fourth-order valence-electron chi connectivity index (χ4n) is 4.04. The second kappa shape index (κ2) is 10.7. The number of guanidine groups is 1. The molecule has 2 aliphatic rings. The minimum Gasteiger partial charge on any atom is -0.490 e. The Hall–Kier alpha value is -2.28. The second-order valence-electron chi connectivity index (χ2n) is 7.92. The summed E-state index contributed by atoms with van der Waals surface area (Å²) in [5, 5.41) is 6.84. The van der Waals surface area contributed by atoms with Crippen LogP contribution in [-0.2, 0) is 6.42 Å². The third kappa shape index (κ3) is 5.65. The van der Waals surface area contributed by atoms with Crippen LogP contribution < -0.4 is 15.0 Å². The summed E-state index contributed by atoms with van der Waals surface area (Å²) in [7, 11) is 0. The zero-order chi connectivity index (χ0) is 20.6. The van der Waals surface area contributed by atoms with Crippen LogP contribution in [-0.4, -0.2) is 61.2 Å². The Balaban J connectivity index is 1.26. The largest absolute Gasteiger partial charge is 0.490 e. The highest BCUT2D eigenvalue weighted by molar-refractivity contribution is 7.13. The molecule has 6 nitrogen and oxygen atoms in total. The van der Waals surface area contributed by atoms with E-state index in [0.717, 1.165) is 75.9 Å². The highest BCUT2D eigenvalue weighted by Crippen LogP contribution is 2.24. The minimum absolute atomic E-state index is 0.283. The van der Waals surface area contributed by atoms with Gasteiger partial charge in [-0.15, -0.1) is 11.3 Å². The van der Waals surface area contributed by atoms with Crippen LogP contribution in [0.4, 0.5) is 5.13 Å². The number of piperidine rings is 1. The van der Waals surface area contributed by atoms with Crippen molar-refractivity contribution in [2.75, 3.05) is 44.2 Å². The molecule has 4 rings (SSSR count). The number of anilines is 1. The van der Waals surface area contributed by atoms with Crippen molar-refractivity contribution in [1.29, 1.82) is 0 Å². The molecule has 1 aromatic heterocycles. The van der Waals surface area contributed by atoms with E-state index in [1.165, 1.54) is 18.0 Å². The lowest BCUT2D eigenvalue weighted by Gasteiger charge is -2.34.